The Labute approximate surface area is 163 Å². The third-order valence-electron chi connectivity index (χ3n) is 6.09. The maximum absolute atomic E-state index is 12.8. The lowest BCUT2D eigenvalue weighted by Gasteiger charge is -2.47. The van der Waals surface area contributed by atoms with Crippen molar-refractivity contribution in [2.45, 2.75) is 51.3 Å². The minimum atomic E-state index is -0.193. The van der Waals surface area contributed by atoms with Crippen LogP contribution in [0.3, 0.4) is 0 Å². The Morgan fingerprint density at radius 3 is 2.89 bits per heavy atom. The summed E-state index contributed by atoms with van der Waals surface area (Å²) in [6, 6.07) is 2.71. The summed E-state index contributed by atoms with van der Waals surface area (Å²) in [5.74, 6) is 1.20. The van der Waals surface area contributed by atoms with Crippen LogP contribution in [0.2, 0.25) is 0 Å². The average Bonchev–Trinajstić information content (AvgIpc) is 3.28. The maximum Gasteiger partial charge on any atom is 0.274 e. The zero-order valence-corrected chi connectivity index (χ0v) is 16.4. The number of rotatable bonds is 3. The Bertz CT molecular complexity index is 871. The van der Waals surface area contributed by atoms with E-state index in [1.807, 2.05) is 15.6 Å². The summed E-state index contributed by atoms with van der Waals surface area (Å²) in [6.07, 6.45) is 3.12. The first-order valence-corrected chi connectivity index (χ1v) is 10.1. The number of hydrogen-bond donors (Lipinski definition) is 0. The van der Waals surface area contributed by atoms with Crippen LogP contribution in [-0.4, -0.2) is 74.5 Å². The molecule has 5 rings (SSSR count). The van der Waals surface area contributed by atoms with E-state index in [2.05, 4.69) is 27.1 Å². The molecule has 2 aromatic rings. The lowest BCUT2D eigenvalue weighted by molar-refractivity contribution is -0.0782. The lowest BCUT2D eigenvalue weighted by Crippen LogP contribution is -2.63. The van der Waals surface area contributed by atoms with Crippen molar-refractivity contribution in [3.63, 3.8) is 0 Å². The number of nitrogens with zero attached hydrogens (tertiary/aromatic N) is 6. The second-order valence-corrected chi connectivity index (χ2v) is 8.10. The number of carbonyl (C=O) groups is 1. The van der Waals surface area contributed by atoms with Crippen molar-refractivity contribution in [3.05, 3.63) is 29.2 Å². The van der Waals surface area contributed by atoms with Crippen molar-refractivity contribution >= 4 is 5.91 Å². The van der Waals surface area contributed by atoms with Gasteiger partial charge in [-0.1, -0.05) is 5.16 Å². The van der Waals surface area contributed by atoms with Gasteiger partial charge < -0.3 is 14.2 Å². The summed E-state index contributed by atoms with van der Waals surface area (Å²) in [4.78, 5) is 21.4. The third-order valence-corrected chi connectivity index (χ3v) is 6.09. The second-order valence-electron chi connectivity index (χ2n) is 8.10. The Hall–Kier alpha value is -2.26. The molecular weight excluding hydrogens is 360 g/mol. The normalized spacial score (nSPS) is 26.1. The summed E-state index contributed by atoms with van der Waals surface area (Å²) < 4.78 is 13.1. The fourth-order valence-corrected chi connectivity index (χ4v) is 4.42. The van der Waals surface area contributed by atoms with Crippen molar-refractivity contribution in [1.82, 2.24) is 29.7 Å². The number of carbonyl (C=O) groups excluding carboxylic acids is 1. The number of hydrogen-bond acceptors (Lipinski definition) is 7. The molecular formula is C19H26N6O3. The third kappa shape index (κ3) is 3.12. The van der Waals surface area contributed by atoms with E-state index < -0.39 is 0 Å². The lowest BCUT2D eigenvalue weighted by atomic mass is 10.0. The minimum Gasteiger partial charge on any atom is -0.366 e. The van der Waals surface area contributed by atoms with Gasteiger partial charge in [-0.05, 0) is 39.2 Å². The molecule has 9 heteroatoms. The van der Waals surface area contributed by atoms with E-state index in [1.54, 1.807) is 6.92 Å². The molecule has 3 aliphatic rings. The van der Waals surface area contributed by atoms with Crippen LogP contribution in [-0.2, 0) is 11.2 Å². The molecule has 2 fully saturated rings. The molecule has 0 aliphatic carbocycles. The Morgan fingerprint density at radius 1 is 1.29 bits per heavy atom. The van der Waals surface area contributed by atoms with Crippen molar-refractivity contribution < 1.29 is 14.1 Å². The topological polar surface area (TPSA) is 89.5 Å². The molecule has 0 N–H and O–H groups in total. The van der Waals surface area contributed by atoms with Gasteiger partial charge in [0.2, 0.25) is 0 Å². The zero-order chi connectivity index (χ0) is 19.3. The maximum atomic E-state index is 12.8. The predicted molar refractivity (Wildman–Crippen MR) is 98.9 cm³/mol. The molecule has 150 valence electrons. The van der Waals surface area contributed by atoms with Gasteiger partial charge in [0, 0.05) is 44.0 Å². The average molecular weight is 386 g/mol. The van der Waals surface area contributed by atoms with Crippen LogP contribution >= 0.6 is 0 Å². The molecule has 1 amide bonds. The number of likely N-dealkylation sites (tertiary alicyclic amines) is 1. The van der Waals surface area contributed by atoms with Crippen LogP contribution in [0.1, 0.15) is 59.8 Å². The van der Waals surface area contributed by atoms with Gasteiger partial charge in [0.1, 0.15) is 6.10 Å². The van der Waals surface area contributed by atoms with Crippen LogP contribution in [0.5, 0.6) is 0 Å². The summed E-state index contributed by atoms with van der Waals surface area (Å²) >= 11 is 0. The van der Waals surface area contributed by atoms with Crippen LogP contribution in [0.4, 0.5) is 0 Å². The standard InChI is InChI=1S/C19H26N6O3/c1-12-4-3-5-14-8-16(21-25(12)14)19(26)24-9-15(10-24)23-6-7-27-17(11-23)18-20-13(2)22-28-18/h8,12,15,17H,3-7,9-11H2,1-2H3. The minimum absolute atomic E-state index is 0.0442. The molecule has 28 heavy (non-hydrogen) atoms. The fraction of sp³-hybridized carbons (Fsp3) is 0.684. The zero-order valence-electron chi connectivity index (χ0n) is 16.4. The molecule has 2 aromatic heterocycles. The van der Waals surface area contributed by atoms with E-state index in [0.717, 1.165) is 32.5 Å². The van der Waals surface area contributed by atoms with Gasteiger partial charge in [0.15, 0.2) is 11.5 Å². The first-order chi connectivity index (χ1) is 13.6. The van der Waals surface area contributed by atoms with E-state index in [-0.39, 0.29) is 12.0 Å². The highest BCUT2D eigenvalue weighted by atomic mass is 16.5. The molecule has 2 unspecified atom stereocenters. The Balaban J connectivity index is 1.20. The highest BCUT2D eigenvalue weighted by molar-refractivity contribution is 5.93. The molecule has 2 atom stereocenters. The van der Waals surface area contributed by atoms with Crippen LogP contribution < -0.4 is 0 Å². The van der Waals surface area contributed by atoms with Crippen LogP contribution in [0, 0.1) is 6.92 Å². The molecule has 0 saturated carbocycles. The van der Waals surface area contributed by atoms with E-state index in [9.17, 15) is 4.79 Å². The largest absolute Gasteiger partial charge is 0.366 e. The van der Waals surface area contributed by atoms with E-state index >= 15 is 0 Å². The number of ether oxygens (including phenoxy) is 1. The molecule has 0 aromatic carbocycles. The smallest absolute Gasteiger partial charge is 0.274 e. The second kappa shape index (κ2) is 6.97. The van der Waals surface area contributed by atoms with Crippen molar-refractivity contribution in [1.29, 1.82) is 0 Å². The van der Waals surface area contributed by atoms with Gasteiger partial charge >= 0.3 is 0 Å². The summed E-state index contributed by atoms with van der Waals surface area (Å²) in [5.41, 5.74) is 1.77. The van der Waals surface area contributed by atoms with Crippen molar-refractivity contribution in [2.24, 2.45) is 0 Å². The van der Waals surface area contributed by atoms with Gasteiger partial charge in [-0.3, -0.25) is 14.4 Å². The van der Waals surface area contributed by atoms with Crippen LogP contribution in [0.25, 0.3) is 0 Å². The fourth-order valence-electron chi connectivity index (χ4n) is 4.42. The molecule has 2 saturated heterocycles. The highest BCUT2D eigenvalue weighted by Gasteiger charge is 2.39. The summed E-state index contributed by atoms with van der Waals surface area (Å²) in [5, 5.41) is 8.44. The molecule has 0 radical (unpaired) electrons. The van der Waals surface area contributed by atoms with Crippen LogP contribution in [0.15, 0.2) is 10.6 Å². The monoisotopic (exact) mass is 386 g/mol. The van der Waals surface area contributed by atoms with Gasteiger partial charge in [-0.2, -0.15) is 10.1 Å². The van der Waals surface area contributed by atoms with Gasteiger partial charge in [-0.25, -0.2) is 0 Å². The predicted octanol–water partition coefficient (Wildman–Crippen LogP) is 1.37. The number of fused-ring (bicyclic) bond motifs is 1. The molecule has 9 nitrogen and oxygen atoms in total. The molecule has 0 bridgehead atoms. The number of aryl methyl sites for hydroxylation is 2. The Morgan fingerprint density at radius 2 is 2.14 bits per heavy atom. The quantitative estimate of drug-likeness (QED) is 0.787. The molecule has 5 heterocycles. The summed E-state index contributed by atoms with van der Waals surface area (Å²) in [6.45, 7) is 7.62. The number of morpholine rings is 1. The number of amides is 1. The Kier molecular flexibility index (Phi) is 4.43. The number of aromatic nitrogens is 4. The van der Waals surface area contributed by atoms with E-state index in [4.69, 9.17) is 9.26 Å². The van der Waals surface area contributed by atoms with Crippen molar-refractivity contribution in [3.8, 4) is 0 Å². The van der Waals surface area contributed by atoms with Crippen molar-refractivity contribution in [2.75, 3.05) is 32.8 Å². The molecule has 3 aliphatic heterocycles. The van der Waals surface area contributed by atoms with E-state index in [0.29, 0.717) is 42.6 Å². The first-order valence-electron chi connectivity index (χ1n) is 10.1. The van der Waals surface area contributed by atoms with Gasteiger partial charge in [0.05, 0.1) is 6.61 Å². The SMILES string of the molecule is Cc1noc(C2CN(C3CN(C(=O)c4cc5n(n4)C(C)CCC5)C3)CCO2)n1. The first kappa shape index (κ1) is 17.8. The van der Waals surface area contributed by atoms with Gasteiger partial charge in [0.25, 0.3) is 11.8 Å². The summed E-state index contributed by atoms with van der Waals surface area (Å²) in [7, 11) is 0. The van der Waals surface area contributed by atoms with Gasteiger partial charge in [-0.15, -0.1) is 0 Å². The van der Waals surface area contributed by atoms with E-state index in [1.165, 1.54) is 12.1 Å². The molecule has 0 spiro atoms. The highest BCUT2D eigenvalue weighted by Crippen LogP contribution is 2.28.